The zero-order valence-electron chi connectivity index (χ0n) is 22.1. The fraction of sp³-hybridized carbons (Fsp3) is 0.867. The predicted molar refractivity (Wildman–Crippen MR) is 133 cm³/mol. The van der Waals surface area contributed by atoms with E-state index >= 15 is 0 Å². The van der Waals surface area contributed by atoms with Crippen LogP contribution in [0.15, 0.2) is 12.2 Å². The fourth-order valence-corrected chi connectivity index (χ4v) is 11.2. The summed E-state index contributed by atoms with van der Waals surface area (Å²) in [5, 5.41) is 3.39. The molecular weight excluding hydrogens is 406 g/mol. The van der Waals surface area contributed by atoms with Crippen molar-refractivity contribution in [3.05, 3.63) is 12.2 Å². The first-order valence-corrected chi connectivity index (χ1v) is 13.8. The smallest absolute Gasteiger partial charge is 0.220 e. The lowest BCUT2D eigenvalue weighted by Crippen LogP contribution is -2.66. The van der Waals surface area contributed by atoms with Crippen LogP contribution in [0.3, 0.4) is 0 Å². The standard InChI is InChI=1S/C30H47NO2/c1-19(2)20-10-15-30(18-32)17-16-28(6)21(25(20)30)8-9-23-27(5)13-12-24(33)31-26(3,4)22(27)11-14-29(23,28)7/h18,20-23,25H,1,8-17H2,2-7H3,(H,31,33)/t20-,21+,22-,23+,25+,27-,28+,29+,30+/m0/s1. The summed E-state index contributed by atoms with van der Waals surface area (Å²) >= 11 is 0. The average Bonchev–Trinajstić information content (AvgIpc) is 3.09. The minimum atomic E-state index is -0.142. The minimum absolute atomic E-state index is 0.112. The van der Waals surface area contributed by atoms with Crippen molar-refractivity contribution in [2.75, 3.05) is 0 Å². The van der Waals surface area contributed by atoms with Crippen molar-refractivity contribution in [1.29, 1.82) is 0 Å². The molecule has 1 N–H and O–H groups in total. The molecule has 184 valence electrons. The highest BCUT2D eigenvalue weighted by atomic mass is 16.1. The third-order valence-electron chi connectivity index (χ3n) is 12.9. The van der Waals surface area contributed by atoms with Gasteiger partial charge in [0.05, 0.1) is 0 Å². The van der Waals surface area contributed by atoms with Gasteiger partial charge in [0.2, 0.25) is 5.91 Å². The first-order valence-electron chi connectivity index (χ1n) is 13.8. The second-order valence-electron chi connectivity index (χ2n) is 14.3. The SMILES string of the molecule is C=C(C)[C@@H]1CC[C@]2(C=O)CC[C@]3(C)[C@H](CC[C@@H]4[C@@]5(C)CCC(=O)NC(C)(C)[C@@H]5CC[C@]43C)[C@@H]12. The van der Waals surface area contributed by atoms with Gasteiger partial charge in [-0.2, -0.15) is 0 Å². The number of fused-ring (bicyclic) bond motifs is 7. The van der Waals surface area contributed by atoms with Crippen molar-refractivity contribution in [1.82, 2.24) is 5.32 Å². The molecule has 0 spiro atoms. The Morgan fingerprint density at radius 1 is 0.909 bits per heavy atom. The fourth-order valence-electron chi connectivity index (χ4n) is 11.2. The molecule has 0 unspecified atom stereocenters. The Kier molecular flexibility index (Phi) is 5.15. The first-order chi connectivity index (χ1) is 15.3. The maximum Gasteiger partial charge on any atom is 0.220 e. The third-order valence-corrected chi connectivity index (χ3v) is 12.9. The molecule has 4 saturated carbocycles. The number of carbonyl (C=O) groups excluding carboxylic acids is 2. The maximum atomic E-state index is 12.7. The summed E-state index contributed by atoms with van der Waals surface area (Å²) in [5.41, 5.74) is 1.75. The van der Waals surface area contributed by atoms with Gasteiger partial charge in [-0.25, -0.2) is 0 Å². The lowest BCUT2D eigenvalue weighted by atomic mass is 9.33. The molecule has 0 aromatic rings. The number of hydrogen-bond acceptors (Lipinski definition) is 2. The molecule has 0 bridgehead atoms. The van der Waals surface area contributed by atoms with Gasteiger partial charge in [0.15, 0.2) is 0 Å². The molecule has 0 radical (unpaired) electrons. The number of nitrogens with one attached hydrogen (secondary N) is 1. The van der Waals surface area contributed by atoms with Crippen molar-refractivity contribution in [3.8, 4) is 0 Å². The molecule has 3 heteroatoms. The van der Waals surface area contributed by atoms with E-state index in [-0.39, 0.29) is 33.1 Å². The van der Waals surface area contributed by atoms with Crippen molar-refractivity contribution in [2.45, 2.75) is 111 Å². The van der Waals surface area contributed by atoms with Crippen LogP contribution < -0.4 is 5.32 Å². The Morgan fingerprint density at radius 3 is 2.30 bits per heavy atom. The maximum absolute atomic E-state index is 12.7. The van der Waals surface area contributed by atoms with E-state index in [0.717, 1.165) is 25.7 Å². The molecule has 5 fully saturated rings. The van der Waals surface area contributed by atoms with Crippen LogP contribution in [0, 0.1) is 51.2 Å². The third kappa shape index (κ3) is 2.92. The van der Waals surface area contributed by atoms with Crippen LogP contribution in [0.2, 0.25) is 0 Å². The van der Waals surface area contributed by atoms with E-state index < -0.39 is 0 Å². The topological polar surface area (TPSA) is 46.2 Å². The summed E-state index contributed by atoms with van der Waals surface area (Å²) in [6, 6.07) is 0. The van der Waals surface area contributed by atoms with Crippen molar-refractivity contribution in [3.63, 3.8) is 0 Å². The number of amides is 1. The number of aldehydes is 1. The summed E-state index contributed by atoms with van der Waals surface area (Å²) in [7, 11) is 0. The van der Waals surface area contributed by atoms with Crippen molar-refractivity contribution < 1.29 is 9.59 Å². The predicted octanol–water partition coefficient (Wildman–Crippen LogP) is 6.71. The lowest BCUT2D eigenvalue weighted by Gasteiger charge is -2.71. The van der Waals surface area contributed by atoms with E-state index in [4.69, 9.17) is 0 Å². The molecule has 1 aliphatic heterocycles. The molecular formula is C30H47NO2. The van der Waals surface area contributed by atoms with Crippen LogP contribution in [0.25, 0.3) is 0 Å². The van der Waals surface area contributed by atoms with Gasteiger partial charge in [-0.15, -0.1) is 0 Å². The number of carbonyl (C=O) groups is 2. The number of allylic oxidation sites excluding steroid dienone is 1. The molecule has 5 rings (SSSR count). The molecule has 9 atom stereocenters. The van der Waals surface area contributed by atoms with Crippen LogP contribution in [-0.4, -0.2) is 17.7 Å². The van der Waals surface area contributed by atoms with E-state index in [2.05, 4.69) is 53.4 Å². The summed E-state index contributed by atoms with van der Waals surface area (Å²) < 4.78 is 0. The largest absolute Gasteiger partial charge is 0.351 e. The Hall–Kier alpha value is -1.12. The molecule has 1 amide bonds. The Morgan fingerprint density at radius 2 is 1.64 bits per heavy atom. The zero-order chi connectivity index (χ0) is 24.0. The van der Waals surface area contributed by atoms with Gasteiger partial charge < -0.3 is 10.1 Å². The van der Waals surface area contributed by atoms with E-state index in [9.17, 15) is 9.59 Å². The summed E-state index contributed by atoms with van der Waals surface area (Å²) in [4.78, 5) is 25.2. The van der Waals surface area contributed by atoms with E-state index in [1.165, 1.54) is 44.0 Å². The van der Waals surface area contributed by atoms with Crippen LogP contribution in [0.1, 0.15) is 106 Å². The number of hydrogen-bond donors (Lipinski definition) is 1. The van der Waals surface area contributed by atoms with Gasteiger partial charge >= 0.3 is 0 Å². The first kappa shape index (κ1) is 23.6. The highest BCUT2D eigenvalue weighted by Crippen LogP contribution is 2.76. The van der Waals surface area contributed by atoms with Crippen LogP contribution in [0.5, 0.6) is 0 Å². The Bertz CT molecular complexity index is 877. The zero-order valence-corrected chi connectivity index (χ0v) is 22.1. The normalized spacial score (nSPS) is 52.9. The van der Waals surface area contributed by atoms with Gasteiger partial charge in [-0.1, -0.05) is 32.9 Å². The van der Waals surface area contributed by atoms with Gasteiger partial charge in [-0.05, 0) is 124 Å². The van der Waals surface area contributed by atoms with E-state index in [1.54, 1.807) is 0 Å². The Balaban J connectivity index is 1.57. The van der Waals surface area contributed by atoms with Crippen LogP contribution >= 0.6 is 0 Å². The van der Waals surface area contributed by atoms with E-state index in [1.807, 2.05) is 0 Å². The second-order valence-corrected chi connectivity index (χ2v) is 14.3. The molecule has 0 aromatic heterocycles. The number of rotatable bonds is 2. The molecule has 5 aliphatic rings. The summed E-state index contributed by atoms with van der Waals surface area (Å²) in [6.45, 7) is 18.9. The minimum Gasteiger partial charge on any atom is -0.351 e. The molecule has 1 saturated heterocycles. The molecule has 1 heterocycles. The second kappa shape index (κ2) is 7.20. The van der Waals surface area contributed by atoms with Crippen molar-refractivity contribution in [2.24, 2.45) is 51.2 Å². The summed E-state index contributed by atoms with van der Waals surface area (Å²) in [6.07, 6.45) is 12.5. The quantitative estimate of drug-likeness (QED) is 0.373. The lowest BCUT2D eigenvalue weighted by molar-refractivity contribution is -0.221. The molecule has 4 aliphatic carbocycles. The van der Waals surface area contributed by atoms with Gasteiger partial charge in [-0.3, -0.25) is 4.79 Å². The van der Waals surface area contributed by atoms with Gasteiger partial charge in [0, 0.05) is 17.4 Å². The van der Waals surface area contributed by atoms with Gasteiger partial charge in [0.1, 0.15) is 6.29 Å². The van der Waals surface area contributed by atoms with Gasteiger partial charge in [0.25, 0.3) is 0 Å². The molecule has 33 heavy (non-hydrogen) atoms. The van der Waals surface area contributed by atoms with Crippen LogP contribution in [0.4, 0.5) is 0 Å². The molecule has 3 nitrogen and oxygen atoms in total. The van der Waals surface area contributed by atoms with Crippen molar-refractivity contribution >= 4 is 12.2 Å². The Labute approximate surface area is 201 Å². The highest BCUT2D eigenvalue weighted by Gasteiger charge is 2.70. The highest BCUT2D eigenvalue weighted by molar-refractivity contribution is 5.77. The molecule has 0 aromatic carbocycles. The average molecular weight is 454 g/mol. The monoisotopic (exact) mass is 453 g/mol. The van der Waals surface area contributed by atoms with E-state index in [0.29, 0.717) is 36.0 Å². The van der Waals surface area contributed by atoms with Crippen LogP contribution in [-0.2, 0) is 9.59 Å². The summed E-state index contributed by atoms with van der Waals surface area (Å²) in [5.74, 6) is 3.00.